The van der Waals surface area contributed by atoms with Crippen LogP contribution in [0.25, 0.3) is 0 Å². The van der Waals surface area contributed by atoms with Crippen LogP contribution in [0.4, 0.5) is 0 Å². The van der Waals surface area contributed by atoms with Crippen LogP contribution in [0.15, 0.2) is 25.3 Å². The van der Waals surface area contributed by atoms with Crippen LogP contribution >= 0.6 is 0 Å². The number of carbonyl (C=O) groups excluding carboxylic acids is 3. The summed E-state index contributed by atoms with van der Waals surface area (Å²) in [7, 11) is 0. The third-order valence-corrected chi connectivity index (χ3v) is 4.53. The summed E-state index contributed by atoms with van der Waals surface area (Å²) in [5.74, 6) is -1.39. The summed E-state index contributed by atoms with van der Waals surface area (Å²) < 4.78 is 5.33. The predicted molar refractivity (Wildman–Crippen MR) is 114 cm³/mol. The molecule has 0 bridgehead atoms. The second kappa shape index (κ2) is 15.7. The highest BCUT2D eigenvalue weighted by Gasteiger charge is 2.25. The Morgan fingerprint density at radius 1 is 1.07 bits per heavy atom. The average molecular weight is 411 g/mol. The summed E-state index contributed by atoms with van der Waals surface area (Å²) in [6.07, 6.45) is 6.61. The van der Waals surface area contributed by atoms with Gasteiger partial charge in [0.1, 0.15) is 6.61 Å². The van der Waals surface area contributed by atoms with Crippen molar-refractivity contribution in [3.63, 3.8) is 0 Å². The van der Waals surface area contributed by atoms with E-state index < -0.39 is 5.92 Å². The molecule has 0 aromatic heterocycles. The molecule has 0 heterocycles. The number of aliphatic hydroxyl groups is 1. The van der Waals surface area contributed by atoms with Gasteiger partial charge in [-0.2, -0.15) is 0 Å². The maximum atomic E-state index is 12.7. The summed E-state index contributed by atoms with van der Waals surface area (Å²) in [4.78, 5) is 36.6. The van der Waals surface area contributed by atoms with Gasteiger partial charge in [0.15, 0.2) is 0 Å². The van der Waals surface area contributed by atoms with E-state index in [1.165, 1.54) is 0 Å². The third kappa shape index (κ3) is 12.8. The first-order chi connectivity index (χ1) is 13.7. The van der Waals surface area contributed by atoms with Crippen molar-refractivity contribution in [2.45, 2.75) is 71.4 Å². The lowest BCUT2D eigenvalue weighted by atomic mass is 9.97. The lowest BCUT2D eigenvalue weighted by molar-refractivity contribution is -0.145. The minimum Gasteiger partial charge on any atom is -0.463 e. The molecule has 3 atom stereocenters. The zero-order valence-corrected chi connectivity index (χ0v) is 18.1. The molecule has 0 spiro atoms. The maximum Gasteiger partial charge on any atom is 0.305 e. The molecule has 2 amide bonds. The molecule has 0 radical (unpaired) electrons. The van der Waals surface area contributed by atoms with Crippen molar-refractivity contribution >= 4 is 17.8 Å². The number of aliphatic hydroxyl groups excluding tert-OH is 1. The van der Waals surface area contributed by atoms with Gasteiger partial charge in [-0.3, -0.25) is 14.4 Å². The molecule has 0 aromatic carbocycles. The average Bonchev–Trinajstić information content (AvgIpc) is 2.67. The number of hydrogen-bond acceptors (Lipinski definition) is 5. The first kappa shape index (κ1) is 26.9. The van der Waals surface area contributed by atoms with Crippen LogP contribution in [0.2, 0.25) is 0 Å². The van der Waals surface area contributed by atoms with E-state index in [2.05, 4.69) is 23.8 Å². The lowest BCUT2D eigenvalue weighted by Crippen LogP contribution is -2.46. The summed E-state index contributed by atoms with van der Waals surface area (Å²) in [5, 5.41) is 14.6. The van der Waals surface area contributed by atoms with Gasteiger partial charge in [-0.1, -0.05) is 26.0 Å². The molecule has 0 aliphatic rings. The highest BCUT2D eigenvalue weighted by Crippen LogP contribution is 2.13. The molecule has 7 nitrogen and oxygen atoms in total. The monoisotopic (exact) mass is 410 g/mol. The molecule has 0 rings (SSSR count). The van der Waals surface area contributed by atoms with Gasteiger partial charge in [0, 0.05) is 18.9 Å². The van der Waals surface area contributed by atoms with E-state index >= 15 is 0 Å². The molecule has 0 fully saturated rings. The Hall–Kier alpha value is -2.15. The molecule has 0 unspecified atom stereocenters. The fourth-order valence-electron chi connectivity index (χ4n) is 2.60. The number of ether oxygens (including phenoxy) is 1. The van der Waals surface area contributed by atoms with Crippen molar-refractivity contribution < 1.29 is 24.2 Å². The molecule has 0 aromatic rings. The molecule has 3 N–H and O–H groups in total. The van der Waals surface area contributed by atoms with Crippen LogP contribution in [-0.2, 0) is 19.1 Å². The Bertz CT molecular complexity index is 533. The van der Waals surface area contributed by atoms with Gasteiger partial charge in [-0.15, -0.1) is 13.2 Å². The SMILES string of the molecule is C=CCCCCC(=O)OC[C@@H](NC(=O)[C@H](CC=C)CC(=O)N[C@@H](C)CO)C(C)C. The zero-order chi connectivity index (χ0) is 22.2. The minimum atomic E-state index is -0.575. The minimum absolute atomic E-state index is 0.00387. The molecule has 29 heavy (non-hydrogen) atoms. The van der Waals surface area contributed by atoms with Crippen LogP contribution in [-0.4, -0.2) is 48.2 Å². The fraction of sp³-hybridized carbons (Fsp3) is 0.682. The standard InChI is InChI=1S/C22H38N2O5/c1-6-8-9-10-12-21(27)29-15-19(16(3)4)24-22(28)18(11-7-2)13-20(26)23-17(5)14-25/h6-7,16-19,25H,1-2,8-15H2,3-5H3,(H,23,26)(H,24,28)/t17-,18+,19+/m0/s1. The van der Waals surface area contributed by atoms with Crippen LogP contribution in [0, 0.1) is 11.8 Å². The van der Waals surface area contributed by atoms with E-state index in [0.717, 1.165) is 19.3 Å². The van der Waals surface area contributed by atoms with Crippen molar-refractivity contribution in [1.82, 2.24) is 10.6 Å². The van der Waals surface area contributed by atoms with E-state index in [1.54, 1.807) is 13.0 Å². The number of unbranched alkanes of at least 4 members (excludes halogenated alkanes) is 2. The normalized spacial score (nSPS) is 13.8. The third-order valence-electron chi connectivity index (χ3n) is 4.53. The number of hydrogen-bond donors (Lipinski definition) is 3. The Balaban J connectivity index is 4.68. The van der Waals surface area contributed by atoms with Gasteiger partial charge in [0.25, 0.3) is 0 Å². The molecular weight excluding hydrogens is 372 g/mol. The summed E-state index contributed by atoms with van der Waals surface area (Å²) in [5.41, 5.74) is 0. The molecule has 0 saturated heterocycles. The summed E-state index contributed by atoms with van der Waals surface area (Å²) in [6.45, 7) is 12.8. The van der Waals surface area contributed by atoms with Crippen LogP contribution in [0.5, 0.6) is 0 Å². The topological polar surface area (TPSA) is 105 Å². The maximum absolute atomic E-state index is 12.7. The second-order valence-electron chi connectivity index (χ2n) is 7.65. The van der Waals surface area contributed by atoms with Gasteiger partial charge in [0.2, 0.25) is 11.8 Å². The van der Waals surface area contributed by atoms with Gasteiger partial charge in [-0.05, 0) is 38.5 Å². The zero-order valence-electron chi connectivity index (χ0n) is 18.1. The second-order valence-corrected chi connectivity index (χ2v) is 7.65. The predicted octanol–water partition coefficient (Wildman–Crippen LogP) is 2.50. The number of carbonyl (C=O) groups is 3. The Morgan fingerprint density at radius 3 is 2.31 bits per heavy atom. The molecule has 166 valence electrons. The quantitative estimate of drug-likeness (QED) is 0.206. The van der Waals surface area contributed by atoms with Crippen LogP contribution in [0.1, 0.15) is 59.3 Å². The Kier molecular flexibility index (Phi) is 14.6. The van der Waals surface area contributed by atoms with Crippen LogP contribution < -0.4 is 10.6 Å². The van der Waals surface area contributed by atoms with E-state index in [4.69, 9.17) is 9.84 Å². The number of allylic oxidation sites excluding steroid dienone is 2. The highest BCUT2D eigenvalue weighted by molar-refractivity contribution is 5.86. The van der Waals surface area contributed by atoms with E-state index in [0.29, 0.717) is 12.8 Å². The van der Waals surface area contributed by atoms with Gasteiger partial charge in [-0.25, -0.2) is 0 Å². The highest BCUT2D eigenvalue weighted by atomic mass is 16.5. The largest absolute Gasteiger partial charge is 0.463 e. The molecule has 0 aliphatic carbocycles. The van der Waals surface area contributed by atoms with Crippen molar-refractivity contribution in [2.75, 3.05) is 13.2 Å². The van der Waals surface area contributed by atoms with Gasteiger partial charge in [0.05, 0.1) is 18.6 Å². The molecule has 0 aliphatic heterocycles. The number of nitrogens with one attached hydrogen (secondary N) is 2. The molecular formula is C22H38N2O5. The lowest BCUT2D eigenvalue weighted by Gasteiger charge is -2.25. The Labute approximate surface area is 175 Å². The molecule has 0 saturated carbocycles. The Morgan fingerprint density at radius 2 is 1.76 bits per heavy atom. The number of rotatable bonds is 16. The first-order valence-electron chi connectivity index (χ1n) is 10.3. The number of esters is 1. The molecule has 7 heteroatoms. The van der Waals surface area contributed by atoms with E-state index in [9.17, 15) is 14.4 Å². The van der Waals surface area contributed by atoms with Gasteiger partial charge >= 0.3 is 5.97 Å². The van der Waals surface area contributed by atoms with Crippen molar-refractivity contribution in [2.24, 2.45) is 11.8 Å². The summed E-state index contributed by atoms with van der Waals surface area (Å²) in [6, 6.07) is -0.712. The van der Waals surface area contributed by atoms with Crippen LogP contribution in [0.3, 0.4) is 0 Å². The fourth-order valence-corrected chi connectivity index (χ4v) is 2.60. The van der Waals surface area contributed by atoms with E-state index in [1.807, 2.05) is 19.9 Å². The smallest absolute Gasteiger partial charge is 0.305 e. The summed E-state index contributed by atoms with van der Waals surface area (Å²) >= 11 is 0. The van der Waals surface area contributed by atoms with E-state index in [-0.39, 0.29) is 55.4 Å². The first-order valence-corrected chi connectivity index (χ1v) is 10.3. The number of amides is 2. The van der Waals surface area contributed by atoms with Crippen molar-refractivity contribution in [3.05, 3.63) is 25.3 Å². The van der Waals surface area contributed by atoms with Gasteiger partial charge < -0.3 is 20.5 Å². The van der Waals surface area contributed by atoms with Crippen molar-refractivity contribution in [1.29, 1.82) is 0 Å². The van der Waals surface area contributed by atoms with Crippen molar-refractivity contribution in [3.8, 4) is 0 Å².